The van der Waals surface area contributed by atoms with E-state index in [4.69, 9.17) is 14.2 Å². The summed E-state index contributed by atoms with van der Waals surface area (Å²) in [4.78, 5) is 22.6. The lowest BCUT2D eigenvalue weighted by Crippen LogP contribution is -2.51. The summed E-state index contributed by atoms with van der Waals surface area (Å²) in [6.07, 6.45) is 3.24. The predicted octanol–water partition coefficient (Wildman–Crippen LogP) is 2.54. The van der Waals surface area contributed by atoms with Gasteiger partial charge in [0.2, 0.25) is 0 Å². The van der Waals surface area contributed by atoms with Gasteiger partial charge in [0.05, 0.1) is 12.2 Å². The molecule has 0 aromatic rings. The Balaban J connectivity index is 2.92. The molecule has 1 heterocycles. The number of rotatable bonds is 6. The zero-order valence-corrected chi connectivity index (χ0v) is 13.0. The van der Waals surface area contributed by atoms with Crippen molar-refractivity contribution in [1.82, 2.24) is 0 Å². The van der Waals surface area contributed by atoms with Crippen molar-refractivity contribution in [3.63, 3.8) is 0 Å². The molecule has 4 atom stereocenters. The fourth-order valence-corrected chi connectivity index (χ4v) is 2.51. The molecule has 0 unspecified atom stereocenters. The Morgan fingerprint density at radius 1 is 1.33 bits per heavy atom. The largest absolute Gasteiger partial charge is 0.458 e. The SMILES string of the molecule is C=C=C[C@@H]1C[C@@H](OC(C)=O)[C@H](OC(C)=O)[C@@H](CCCC)O1. The van der Waals surface area contributed by atoms with Crippen LogP contribution in [0.3, 0.4) is 0 Å². The Bertz CT molecular complexity index is 411. The van der Waals surface area contributed by atoms with Gasteiger partial charge in [-0.05, 0) is 12.5 Å². The minimum absolute atomic E-state index is 0.236. The smallest absolute Gasteiger partial charge is 0.303 e. The molecule has 1 fully saturated rings. The second-order valence-electron chi connectivity index (χ2n) is 5.18. The van der Waals surface area contributed by atoms with Crippen LogP contribution in [0.4, 0.5) is 0 Å². The van der Waals surface area contributed by atoms with E-state index in [1.54, 1.807) is 6.08 Å². The van der Waals surface area contributed by atoms with Crippen LogP contribution in [0, 0.1) is 0 Å². The Labute approximate surface area is 125 Å². The van der Waals surface area contributed by atoms with Gasteiger partial charge in [-0.25, -0.2) is 0 Å². The van der Waals surface area contributed by atoms with Crippen molar-refractivity contribution in [3.05, 3.63) is 18.4 Å². The van der Waals surface area contributed by atoms with Crippen LogP contribution in [-0.2, 0) is 23.8 Å². The topological polar surface area (TPSA) is 61.8 Å². The monoisotopic (exact) mass is 296 g/mol. The normalized spacial score (nSPS) is 28.3. The predicted molar refractivity (Wildman–Crippen MR) is 77.6 cm³/mol. The molecule has 5 heteroatoms. The molecule has 0 aromatic heterocycles. The average molecular weight is 296 g/mol. The molecule has 1 saturated heterocycles. The molecule has 1 aliphatic heterocycles. The van der Waals surface area contributed by atoms with Gasteiger partial charge in [-0.1, -0.05) is 26.3 Å². The van der Waals surface area contributed by atoms with Gasteiger partial charge < -0.3 is 14.2 Å². The Kier molecular flexibility index (Phi) is 7.20. The third-order valence-electron chi connectivity index (χ3n) is 3.31. The molecule has 0 saturated carbocycles. The molecular formula is C16H24O5. The van der Waals surface area contributed by atoms with Crippen molar-refractivity contribution < 1.29 is 23.8 Å². The summed E-state index contributed by atoms with van der Waals surface area (Å²) in [6.45, 7) is 8.31. The Morgan fingerprint density at radius 2 is 2.00 bits per heavy atom. The minimum atomic E-state index is -0.563. The fourth-order valence-electron chi connectivity index (χ4n) is 2.51. The van der Waals surface area contributed by atoms with Crippen molar-refractivity contribution in [2.24, 2.45) is 0 Å². The highest BCUT2D eigenvalue weighted by molar-refractivity contribution is 5.67. The van der Waals surface area contributed by atoms with Crippen molar-refractivity contribution >= 4 is 11.9 Å². The van der Waals surface area contributed by atoms with Crippen LogP contribution >= 0.6 is 0 Å². The molecule has 0 spiro atoms. The molecule has 118 valence electrons. The molecule has 21 heavy (non-hydrogen) atoms. The first-order chi connectivity index (χ1) is 9.97. The van der Waals surface area contributed by atoms with Crippen LogP contribution in [0.1, 0.15) is 46.5 Å². The molecule has 0 N–H and O–H groups in total. The highest BCUT2D eigenvalue weighted by Gasteiger charge is 2.41. The first-order valence-corrected chi connectivity index (χ1v) is 7.33. The van der Waals surface area contributed by atoms with Gasteiger partial charge in [0.1, 0.15) is 6.10 Å². The molecule has 0 bridgehead atoms. The van der Waals surface area contributed by atoms with E-state index < -0.39 is 24.1 Å². The van der Waals surface area contributed by atoms with Crippen LogP contribution < -0.4 is 0 Å². The number of carbonyl (C=O) groups is 2. The Hall–Kier alpha value is -1.58. The number of esters is 2. The van der Waals surface area contributed by atoms with Crippen molar-refractivity contribution in [2.45, 2.75) is 70.9 Å². The van der Waals surface area contributed by atoms with Gasteiger partial charge in [-0.15, -0.1) is 5.73 Å². The molecular weight excluding hydrogens is 272 g/mol. The lowest BCUT2D eigenvalue weighted by Gasteiger charge is -2.39. The number of carbonyl (C=O) groups excluding carboxylic acids is 2. The van der Waals surface area contributed by atoms with Crippen molar-refractivity contribution in [1.29, 1.82) is 0 Å². The highest BCUT2D eigenvalue weighted by atomic mass is 16.6. The van der Waals surface area contributed by atoms with E-state index in [1.807, 2.05) is 0 Å². The third kappa shape index (κ3) is 5.74. The zero-order valence-electron chi connectivity index (χ0n) is 13.0. The standard InChI is InChI=1S/C16H24O5/c1-5-7-9-14-16(20-12(4)18)15(19-11(3)17)10-13(21-14)8-6-2/h8,13-16H,2,5,7,9-10H2,1,3-4H3/t13-,14-,15-,16-/m1/s1. The lowest BCUT2D eigenvalue weighted by molar-refractivity contribution is -0.202. The van der Waals surface area contributed by atoms with Gasteiger partial charge in [0.25, 0.3) is 0 Å². The van der Waals surface area contributed by atoms with Crippen LogP contribution in [0.15, 0.2) is 18.4 Å². The van der Waals surface area contributed by atoms with Crippen molar-refractivity contribution in [3.8, 4) is 0 Å². The second-order valence-corrected chi connectivity index (χ2v) is 5.18. The maximum absolute atomic E-state index is 11.3. The van der Waals surface area contributed by atoms with Gasteiger partial charge in [-0.3, -0.25) is 9.59 Å². The molecule has 0 aromatic carbocycles. The quantitative estimate of drug-likeness (QED) is 0.557. The van der Waals surface area contributed by atoms with E-state index >= 15 is 0 Å². The van der Waals surface area contributed by atoms with E-state index in [2.05, 4.69) is 19.2 Å². The van der Waals surface area contributed by atoms with Crippen LogP contribution in [0.25, 0.3) is 0 Å². The molecule has 1 rings (SSSR count). The van der Waals surface area contributed by atoms with E-state index in [9.17, 15) is 9.59 Å². The molecule has 0 radical (unpaired) electrons. The molecule has 0 aliphatic carbocycles. The van der Waals surface area contributed by atoms with Crippen molar-refractivity contribution in [2.75, 3.05) is 0 Å². The molecule has 5 nitrogen and oxygen atoms in total. The van der Waals surface area contributed by atoms with E-state index in [1.165, 1.54) is 13.8 Å². The van der Waals surface area contributed by atoms with E-state index in [0.29, 0.717) is 6.42 Å². The summed E-state index contributed by atoms with van der Waals surface area (Å²) >= 11 is 0. The number of hydrogen-bond acceptors (Lipinski definition) is 5. The maximum Gasteiger partial charge on any atom is 0.303 e. The fraction of sp³-hybridized carbons (Fsp3) is 0.688. The van der Waals surface area contributed by atoms with Crippen LogP contribution in [0.5, 0.6) is 0 Å². The van der Waals surface area contributed by atoms with Crippen LogP contribution in [0.2, 0.25) is 0 Å². The number of ether oxygens (including phenoxy) is 3. The summed E-state index contributed by atoms with van der Waals surface area (Å²) in [7, 11) is 0. The lowest BCUT2D eigenvalue weighted by atomic mass is 9.94. The summed E-state index contributed by atoms with van der Waals surface area (Å²) in [5.74, 6) is -0.797. The second kappa shape index (κ2) is 8.65. The molecule has 0 amide bonds. The Morgan fingerprint density at radius 3 is 2.52 bits per heavy atom. The minimum Gasteiger partial charge on any atom is -0.458 e. The third-order valence-corrected chi connectivity index (χ3v) is 3.31. The summed E-state index contributed by atoms with van der Waals surface area (Å²) < 4.78 is 16.6. The van der Waals surface area contributed by atoms with E-state index in [-0.39, 0.29) is 12.2 Å². The summed E-state index contributed by atoms with van der Waals surface area (Å²) in [6, 6.07) is 0. The van der Waals surface area contributed by atoms with E-state index in [0.717, 1.165) is 19.3 Å². The van der Waals surface area contributed by atoms with Gasteiger partial charge in [0, 0.05) is 20.3 Å². The van der Waals surface area contributed by atoms with Crippen LogP contribution in [-0.4, -0.2) is 36.4 Å². The van der Waals surface area contributed by atoms with Gasteiger partial charge in [-0.2, -0.15) is 0 Å². The van der Waals surface area contributed by atoms with Gasteiger partial charge >= 0.3 is 11.9 Å². The number of unbranched alkanes of at least 4 members (excludes halogenated alkanes) is 1. The first-order valence-electron chi connectivity index (χ1n) is 7.33. The summed E-state index contributed by atoms with van der Waals surface area (Å²) in [5.41, 5.74) is 2.70. The zero-order chi connectivity index (χ0) is 15.8. The van der Waals surface area contributed by atoms with Gasteiger partial charge in [0.15, 0.2) is 6.10 Å². The average Bonchev–Trinajstić information content (AvgIpc) is 2.39. The maximum atomic E-state index is 11.3. The first kappa shape index (κ1) is 17.5. The highest BCUT2D eigenvalue weighted by Crippen LogP contribution is 2.29. The number of hydrogen-bond donors (Lipinski definition) is 0. The molecule has 1 aliphatic rings. The summed E-state index contributed by atoms with van der Waals surface area (Å²) in [5, 5.41) is 0.